The zero-order chi connectivity index (χ0) is 13.4. The van der Waals surface area contributed by atoms with E-state index >= 15 is 0 Å². The summed E-state index contributed by atoms with van der Waals surface area (Å²) in [6.07, 6.45) is 9.76. The summed E-state index contributed by atoms with van der Waals surface area (Å²) in [4.78, 5) is 0. The molecule has 0 spiro atoms. The molecule has 1 rings (SSSR count). The monoisotopic (exact) mass is 251 g/mol. The van der Waals surface area contributed by atoms with E-state index in [1.54, 1.807) is 0 Å². The quantitative estimate of drug-likeness (QED) is 0.619. The number of hydrogen-bond donors (Lipinski definition) is 0. The summed E-state index contributed by atoms with van der Waals surface area (Å²) >= 11 is 0. The highest BCUT2D eigenvalue weighted by Crippen LogP contribution is 2.10. The van der Waals surface area contributed by atoms with Crippen molar-refractivity contribution in [3.63, 3.8) is 0 Å². The van der Waals surface area contributed by atoms with Gasteiger partial charge in [0, 0.05) is 12.7 Å². The molecule has 0 fully saturated rings. The predicted octanol–water partition coefficient (Wildman–Crippen LogP) is 4.08. The molecule has 0 unspecified atom stereocenters. The molecule has 0 radical (unpaired) electrons. The fourth-order valence-corrected chi connectivity index (χ4v) is 2.14. The summed E-state index contributed by atoms with van der Waals surface area (Å²) in [5.41, 5.74) is 1.13. The van der Waals surface area contributed by atoms with Crippen LogP contribution in [0.3, 0.4) is 0 Å². The summed E-state index contributed by atoms with van der Waals surface area (Å²) in [6.45, 7) is 10.0. The largest absolute Gasteiger partial charge is 0.252 e. The Morgan fingerprint density at radius 3 is 2.39 bits per heavy atom. The van der Waals surface area contributed by atoms with Gasteiger partial charge in [0.2, 0.25) is 0 Å². The van der Waals surface area contributed by atoms with Crippen molar-refractivity contribution in [3.8, 4) is 0 Å². The zero-order valence-corrected chi connectivity index (χ0v) is 12.5. The SMILES string of the molecule is CC(C)CCCCCCn1cc(CC(C)C)nn1. The number of unbranched alkanes of at least 4 members (excludes halogenated alkanes) is 3. The van der Waals surface area contributed by atoms with Crippen LogP contribution >= 0.6 is 0 Å². The van der Waals surface area contributed by atoms with Crippen LogP contribution in [0, 0.1) is 11.8 Å². The molecular weight excluding hydrogens is 222 g/mol. The van der Waals surface area contributed by atoms with Gasteiger partial charge in [0.15, 0.2) is 0 Å². The van der Waals surface area contributed by atoms with Crippen LogP contribution in [0.2, 0.25) is 0 Å². The van der Waals surface area contributed by atoms with Crippen molar-refractivity contribution >= 4 is 0 Å². The lowest BCUT2D eigenvalue weighted by atomic mass is 10.0. The average Bonchev–Trinajstić information content (AvgIpc) is 2.69. The molecular formula is C15H29N3. The maximum atomic E-state index is 4.21. The van der Waals surface area contributed by atoms with Gasteiger partial charge in [-0.2, -0.15) is 0 Å². The molecule has 18 heavy (non-hydrogen) atoms. The van der Waals surface area contributed by atoms with Crippen LogP contribution in [0.5, 0.6) is 0 Å². The maximum Gasteiger partial charge on any atom is 0.0829 e. The lowest BCUT2D eigenvalue weighted by Gasteiger charge is -2.04. The molecule has 1 aromatic heterocycles. The van der Waals surface area contributed by atoms with Crippen LogP contribution in [0.15, 0.2) is 6.20 Å². The molecule has 0 aliphatic heterocycles. The minimum Gasteiger partial charge on any atom is -0.252 e. The first-order valence-electron chi connectivity index (χ1n) is 7.47. The second kappa shape index (κ2) is 8.28. The minimum absolute atomic E-state index is 0.659. The van der Waals surface area contributed by atoms with Gasteiger partial charge in [-0.25, -0.2) is 0 Å². The molecule has 3 heteroatoms. The number of hydrogen-bond acceptors (Lipinski definition) is 2. The van der Waals surface area contributed by atoms with E-state index in [4.69, 9.17) is 0 Å². The predicted molar refractivity (Wildman–Crippen MR) is 76.5 cm³/mol. The van der Waals surface area contributed by atoms with Crippen molar-refractivity contribution in [3.05, 3.63) is 11.9 Å². The van der Waals surface area contributed by atoms with Crippen molar-refractivity contribution < 1.29 is 0 Å². The molecule has 0 N–H and O–H groups in total. The normalized spacial score (nSPS) is 11.7. The lowest BCUT2D eigenvalue weighted by molar-refractivity contribution is 0.489. The Bertz CT molecular complexity index is 315. The molecule has 0 amide bonds. The first-order chi connectivity index (χ1) is 8.58. The van der Waals surface area contributed by atoms with Crippen molar-refractivity contribution in [1.29, 1.82) is 0 Å². The summed E-state index contributed by atoms with van der Waals surface area (Å²) in [6, 6.07) is 0. The third-order valence-electron chi connectivity index (χ3n) is 3.12. The fourth-order valence-electron chi connectivity index (χ4n) is 2.14. The molecule has 0 aliphatic carbocycles. The lowest BCUT2D eigenvalue weighted by Crippen LogP contribution is -1.99. The molecule has 3 nitrogen and oxygen atoms in total. The van der Waals surface area contributed by atoms with Gasteiger partial charge in [-0.05, 0) is 24.7 Å². The topological polar surface area (TPSA) is 30.7 Å². The molecule has 0 bridgehead atoms. The van der Waals surface area contributed by atoms with Gasteiger partial charge in [0.25, 0.3) is 0 Å². The van der Waals surface area contributed by atoms with Gasteiger partial charge in [0.05, 0.1) is 5.69 Å². The van der Waals surface area contributed by atoms with E-state index in [1.165, 1.54) is 32.1 Å². The highest BCUT2D eigenvalue weighted by molar-refractivity contribution is 4.92. The number of aryl methyl sites for hydroxylation is 1. The van der Waals surface area contributed by atoms with E-state index in [9.17, 15) is 0 Å². The van der Waals surface area contributed by atoms with Gasteiger partial charge in [0.1, 0.15) is 0 Å². The standard InChI is InChI=1S/C15H29N3/c1-13(2)9-7-5-6-8-10-18-12-15(16-17-18)11-14(3)4/h12-14H,5-11H2,1-4H3. The minimum atomic E-state index is 0.659. The summed E-state index contributed by atoms with van der Waals surface area (Å²) in [5, 5.41) is 8.39. The van der Waals surface area contributed by atoms with Gasteiger partial charge in [-0.1, -0.05) is 58.6 Å². The average molecular weight is 251 g/mol. The van der Waals surface area contributed by atoms with E-state index in [0.717, 1.165) is 24.6 Å². The molecule has 0 aliphatic rings. The van der Waals surface area contributed by atoms with E-state index in [0.29, 0.717) is 5.92 Å². The molecule has 0 atom stereocenters. The summed E-state index contributed by atoms with van der Waals surface area (Å²) in [5.74, 6) is 1.50. The number of rotatable bonds is 9. The Kier molecular flexibility index (Phi) is 6.99. The fraction of sp³-hybridized carbons (Fsp3) is 0.867. The van der Waals surface area contributed by atoms with Gasteiger partial charge >= 0.3 is 0 Å². The summed E-state index contributed by atoms with van der Waals surface area (Å²) in [7, 11) is 0. The highest BCUT2D eigenvalue weighted by atomic mass is 15.4. The van der Waals surface area contributed by atoms with Crippen LogP contribution in [-0.2, 0) is 13.0 Å². The van der Waals surface area contributed by atoms with Gasteiger partial charge < -0.3 is 0 Å². The van der Waals surface area contributed by atoms with Crippen molar-refractivity contribution in [2.24, 2.45) is 11.8 Å². The van der Waals surface area contributed by atoms with Crippen LogP contribution in [-0.4, -0.2) is 15.0 Å². The third kappa shape index (κ3) is 6.77. The second-order valence-electron chi connectivity index (χ2n) is 6.17. The number of nitrogens with zero attached hydrogens (tertiary/aromatic N) is 3. The Labute approximate surface area is 112 Å². The molecule has 1 aromatic rings. The van der Waals surface area contributed by atoms with Gasteiger partial charge in [-0.3, -0.25) is 4.68 Å². The second-order valence-corrected chi connectivity index (χ2v) is 6.17. The van der Waals surface area contributed by atoms with Crippen molar-refractivity contribution in [1.82, 2.24) is 15.0 Å². The molecule has 1 heterocycles. The smallest absolute Gasteiger partial charge is 0.0829 e. The first-order valence-corrected chi connectivity index (χ1v) is 7.47. The maximum absolute atomic E-state index is 4.21. The van der Waals surface area contributed by atoms with Gasteiger partial charge in [-0.15, -0.1) is 5.10 Å². The Hall–Kier alpha value is -0.860. The van der Waals surface area contributed by atoms with E-state index in [2.05, 4.69) is 44.2 Å². The summed E-state index contributed by atoms with van der Waals surface area (Å²) < 4.78 is 2.00. The first kappa shape index (κ1) is 15.2. The van der Waals surface area contributed by atoms with E-state index in [1.807, 2.05) is 4.68 Å². The molecule has 0 saturated carbocycles. The van der Waals surface area contributed by atoms with Crippen molar-refractivity contribution in [2.45, 2.75) is 72.8 Å². The Morgan fingerprint density at radius 1 is 1.00 bits per heavy atom. The van der Waals surface area contributed by atoms with Crippen LogP contribution < -0.4 is 0 Å². The molecule has 0 aromatic carbocycles. The Balaban J connectivity index is 2.10. The molecule has 104 valence electrons. The third-order valence-corrected chi connectivity index (χ3v) is 3.12. The zero-order valence-electron chi connectivity index (χ0n) is 12.5. The highest BCUT2D eigenvalue weighted by Gasteiger charge is 2.03. The number of aromatic nitrogens is 3. The van der Waals surface area contributed by atoms with Crippen LogP contribution in [0.1, 0.15) is 65.5 Å². The van der Waals surface area contributed by atoms with E-state index < -0.39 is 0 Å². The van der Waals surface area contributed by atoms with Crippen LogP contribution in [0.25, 0.3) is 0 Å². The van der Waals surface area contributed by atoms with Crippen molar-refractivity contribution in [2.75, 3.05) is 0 Å². The van der Waals surface area contributed by atoms with E-state index in [-0.39, 0.29) is 0 Å². The van der Waals surface area contributed by atoms with Crippen LogP contribution in [0.4, 0.5) is 0 Å². The molecule has 0 saturated heterocycles. The Morgan fingerprint density at radius 2 is 1.72 bits per heavy atom.